The van der Waals surface area contributed by atoms with E-state index in [9.17, 15) is 9.59 Å². The summed E-state index contributed by atoms with van der Waals surface area (Å²) in [6.07, 6.45) is 3.48. The van der Waals surface area contributed by atoms with E-state index in [2.05, 4.69) is 29.4 Å². The second-order valence-corrected chi connectivity index (χ2v) is 9.12. The molecule has 7 nitrogen and oxygen atoms in total. The van der Waals surface area contributed by atoms with Gasteiger partial charge in [0.05, 0.1) is 18.9 Å². The lowest BCUT2D eigenvalue weighted by Crippen LogP contribution is -2.44. The van der Waals surface area contributed by atoms with Gasteiger partial charge < -0.3 is 14.6 Å². The van der Waals surface area contributed by atoms with Crippen LogP contribution in [0, 0.1) is 11.8 Å². The molecule has 3 atom stereocenters. The fourth-order valence-corrected chi connectivity index (χ4v) is 4.75. The number of nitrogens with one attached hydrogen (secondary N) is 1. The molecule has 0 bridgehead atoms. The lowest BCUT2D eigenvalue weighted by atomic mass is 9.78. The van der Waals surface area contributed by atoms with Crippen molar-refractivity contribution in [3.8, 4) is 0 Å². The van der Waals surface area contributed by atoms with Gasteiger partial charge in [0.25, 0.3) is 0 Å². The van der Waals surface area contributed by atoms with E-state index in [0.717, 1.165) is 18.4 Å². The molecule has 0 saturated heterocycles. The van der Waals surface area contributed by atoms with Gasteiger partial charge in [-0.15, -0.1) is 10.2 Å². The average Bonchev–Trinajstić information content (AvgIpc) is 3.12. The Bertz CT molecular complexity index is 871. The van der Waals surface area contributed by atoms with Crippen LogP contribution in [0.5, 0.6) is 0 Å². The zero-order chi connectivity index (χ0) is 22.2. The summed E-state index contributed by atoms with van der Waals surface area (Å²) in [6.45, 7) is 7.12. The Hall–Kier alpha value is -2.35. The molecule has 1 heterocycles. The van der Waals surface area contributed by atoms with Crippen LogP contribution >= 0.6 is 11.8 Å². The van der Waals surface area contributed by atoms with Crippen molar-refractivity contribution in [2.45, 2.75) is 64.2 Å². The maximum atomic E-state index is 12.6. The van der Waals surface area contributed by atoms with E-state index >= 15 is 0 Å². The lowest BCUT2D eigenvalue weighted by molar-refractivity contribution is -0.142. The Morgan fingerprint density at radius 3 is 2.71 bits per heavy atom. The van der Waals surface area contributed by atoms with E-state index in [1.807, 2.05) is 34.9 Å². The van der Waals surface area contributed by atoms with Crippen molar-refractivity contribution in [1.82, 2.24) is 20.1 Å². The van der Waals surface area contributed by atoms with Crippen LogP contribution in [-0.4, -0.2) is 45.0 Å². The first-order valence-corrected chi connectivity index (χ1v) is 12.0. The summed E-state index contributed by atoms with van der Waals surface area (Å²) in [5.74, 6) is 1.60. The number of aromatic nitrogens is 3. The molecule has 1 aliphatic rings. The molecule has 1 aromatic carbocycles. The first-order chi connectivity index (χ1) is 15.0. The van der Waals surface area contributed by atoms with Gasteiger partial charge in [0, 0.05) is 6.04 Å². The Morgan fingerprint density at radius 2 is 1.97 bits per heavy atom. The van der Waals surface area contributed by atoms with E-state index in [1.165, 1.54) is 18.2 Å². The third-order valence-corrected chi connectivity index (χ3v) is 6.94. The van der Waals surface area contributed by atoms with Crippen molar-refractivity contribution in [3.63, 3.8) is 0 Å². The average molecular weight is 445 g/mol. The number of esters is 1. The Labute approximate surface area is 188 Å². The van der Waals surface area contributed by atoms with E-state index in [4.69, 9.17) is 4.74 Å². The Morgan fingerprint density at radius 1 is 1.19 bits per heavy atom. The summed E-state index contributed by atoms with van der Waals surface area (Å²) in [4.78, 5) is 24.6. The second kappa shape index (κ2) is 11.3. The molecule has 0 aliphatic heterocycles. The molecular weight excluding hydrogens is 412 g/mol. The maximum absolute atomic E-state index is 12.6. The quantitative estimate of drug-likeness (QED) is 0.471. The van der Waals surface area contributed by atoms with Crippen LogP contribution in [0.2, 0.25) is 0 Å². The highest BCUT2D eigenvalue weighted by molar-refractivity contribution is 7.99. The fraction of sp³-hybridized carbons (Fsp3) is 0.565. The first-order valence-electron chi connectivity index (χ1n) is 11.0. The lowest BCUT2D eigenvalue weighted by Gasteiger charge is -2.34. The molecule has 1 fully saturated rings. The summed E-state index contributed by atoms with van der Waals surface area (Å²) < 4.78 is 6.97. The van der Waals surface area contributed by atoms with Crippen molar-refractivity contribution in [1.29, 1.82) is 0 Å². The minimum absolute atomic E-state index is 0.0113. The molecule has 2 aromatic rings. The van der Waals surface area contributed by atoms with Gasteiger partial charge in [0.2, 0.25) is 5.91 Å². The summed E-state index contributed by atoms with van der Waals surface area (Å²) in [6, 6.07) is 10.2. The van der Waals surface area contributed by atoms with Crippen molar-refractivity contribution in [3.05, 3.63) is 41.7 Å². The first kappa shape index (κ1) is 23.3. The van der Waals surface area contributed by atoms with Crippen molar-refractivity contribution in [2.75, 3.05) is 12.4 Å². The number of ether oxygens (including phenoxy) is 1. The van der Waals surface area contributed by atoms with E-state index in [-0.39, 0.29) is 30.1 Å². The van der Waals surface area contributed by atoms with Crippen LogP contribution in [0.25, 0.3) is 0 Å². The zero-order valence-electron chi connectivity index (χ0n) is 18.5. The Balaban J connectivity index is 1.67. The molecule has 1 amide bonds. The number of benzene rings is 1. The summed E-state index contributed by atoms with van der Waals surface area (Å²) in [7, 11) is 0. The largest absolute Gasteiger partial charge is 0.466 e. The van der Waals surface area contributed by atoms with Gasteiger partial charge in [-0.3, -0.25) is 9.59 Å². The smallest absolute Gasteiger partial charge is 0.313 e. The van der Waals surface area contributed by atoms with Crippen LogP contribution in [0.1, 0.15) is 51.4 Å². The van der Waals surface area contributed by atoms with Crippen molar-refractivity contribution < 1.29 is 14.3 Å². The third-order valence-electron chi connectivity index (χ3n) is 5.97. The number of carbonyl (C=O) groups is 2. The van der Waals surface area contributed by atoms with Crippen molar-refractivity contribution >= 4 is 23.6 Å². The second-order valence-electron chi connectivity index (χ2n) is 8.18. The minimum Gasteiger partial charge on any atom is -0.466 e. The van der Waals surface area contributed by atoms with Crippen LogP contribution in [-0.2, 0) is 27.3 Å². The highest BCUT2D eigenvalue weighted by Gasteiger charge is 2.28. The summed E-state index contributed by atoms with van der Waals surface area (Å²) >= 11 is 1.35. The van der Waals surface area contributed by atoms with Gasteiger partial charge in [0.1, 0.15) is 12.2 Å². The van der Waals surface area contributed by atoms with Gasteiger partial charge in [-0.1, -0.05) is 68.8 Å². The highest BCUT2D eigenvalue weighted by atomic mass is 32.2. The van der Waals surface area contributed by atoms with Crippen LogP contribution < -0.4 is 5.32 Å². The normalized spacial score (nSPS) is 20.9. The summed E-state index contributed by atoms with van der Waals surface area (Å²) in [5, 5.41) is 12.3. The third kappa shape index (κ3) is 6.56. The zero-order valence-corrected chi connectivity index (χ0v) is 19.4. The number of carbonyl (C=O) groups excluding carboxylic acids is 2. The van der Waals surface area contributed by atoms with Crippen molar-refractivity contribution in [2.24, 2.45) is 11.8 Å². The monoisotopic (exact) mass is 444 g/mol. The van der Waals surface area contributed by atoms with E-state index < -0.39 is 0 Å². The van der Waals surface area contributed by atoms with Gasteiger partial charge in [0.15, 0.2) is 5.16 Å². The van der Waals surface area contributed by atoms with Gasteiger partial charge in [-0.05, 0) is 30.7 Å². The van der Waals surface area contributed by atoms with Crippen LogP contribution in [0.4, 0.5) is 0 Å². The predicted molar refractivity (Wildman–Crippen MR) is 121 cm³/mol. The van der Waals surface area contributed by atoms with E-state index in [1.54, 1.807) is 6.92 Å². The number of hydrogen-bond donors (Lipinski definition) is 1. The molecule has 0 spiro atoms. The summed E-state index contributed by atoms with van der Waals surface area (Å²) in [5.41, 5.74) is 1.07. The van der Waals surface area contributed by atoms with Crippen LogP contribution in [0.15, 0.2) is 35.5 Å². The SMILES string of the molecule is CCOC(=O)Cc1nnc(SCC(=O)NC2CCCC(C)C2C)n1Cc1ccccc1. The number of amides is 1. The molecule has 31 heavy (non-hydrogen) atoms. The minimum atomic E-state index is -0.334. The molecule has 3 unspecified atom stereocenters. The predicted octanol–water partition coefficient (Wildman–Crippen LogP) is 3.47. The van der Waals surface area contributed by atoms with E-state index in [0.29, 0.717) is 36.0 Å². The molecule has 1 saturated carbocycles. The van der Waals surface area contributed by atoms with Gasteiger partial charge in [-0.25, -0.2) is 0 Å². The molecule has 1 N–H and O–H groups in total. The molecule has 1 aliphatic carbocycles. The topological polar surface area (TPSA) is 86.1 Å². The molecule has 8 heteroatoms. The molecule has 168 valence electrons. The number of hydrogen-bond acceptors (Lipinski definition) is 6. The fourth-order valence-electron chi connectivity index (χ4n) is 3.99. The number of thioether (sulfide) groups is 1. The molecule has 0 radical (unpaired) electrons. The molecule has 1 aromatic heterocycles. The van der Waals surface area contributed by atoms with Gasteiger partial charge in [-0.2, -0.15) is 0 Å². The highest BCUT2D eigenvalue weighted by Crippen LogP contribution is 2.29. The molecular formula is C23H32N4O3S. The standard InChI is InChI=1S/C23H32N4O3S/c1-4-30-22(29)13-20-25-26-23(27(20)14-18-10-6-5-7-11-18)31-15-21(28)24-19-12-8-9-16(2)17(19)3/h5-7,10-11,16-17,19H,4,8-9,12-15H2,1-3H3,(H,24,28). The van der Waals surface area contributed by atoms with Crippen LogP contribution in [0.3, 0.4) is 0 Å². The molecule has 3 rings (SSSR count). The Kier molecular flexibility index (Phi) is 8.51. The van der Waals surface area contributed by atoms with Gasteiger partial charge >= 0.3 is 5.97 Å². The number of rotatable bonds is 9. The maximum Gasteiger partial charge on any atom is 0.313 e. The number of nitrogens with zero attached hydrogens (tertiary/aromatic N) is 3.